The third-order valence-electron chi connectivity index (χ3n) is 4.95. The molecule has 2 aromatic heterocycles. The maximum absolute atomic E-state index is 12.6. The van der Waals surface area contributed by atoms with E-state index in [2.05, 4.69) is 39.8 Å². The summed E-state index contributed by atoms with van der Waals surface area (Å²) >= 11 is 0. The Balaban J connectivity index is 1.48. The summed E-state index contributed by atoms with van der Waals surface area (Å²) in [5, 5.41) is 24.3. The lowest BCUT2D eigenvalue weighted by Gasteiger charge is -2.10. The Kier molecular flexibility index (Phi) is 5.01. The molecule has 9 heteroatoms. The third-order valence-corrected chi connectivity index (χ3v) is 4.95. The smallest absolute Gasteiger partial charge is 0.358 e. The molecule has 9 nitrogen and oxygen atoms in total. The largest absolute Gasteiger partial charge is 0.390 e. The molecule has 4 rings (SSSR count). The van der Waals surface area contributed by atoms with E-state index in [1.165, 1.54) is 10.7 Å². The number of carbonyl (C=O) groups is 1. The minimum Gasteiger partial charge on any atom is -0.358 e. The topological polar surface area (TPSA) is 108 Å². The number of anilines is 1. The highest BCUT2D eigenvalue weighted by Gasteiger charge is 2.25. The number of aromatic nitrogens is 4. The molecule has 0 radical (unpaired) electrons. The van der Waals surface area contributed by atoms with Gasteiger partial charge in [0, 0.05) is 12.3 Å². The summed E-state index contributed by atoms with van der Waals surface area (Å²) in [6.07, 6.45) is 1.80. The second-order valence-electron chi connectivity index (χ2n) is 7.05. The zero-order chi connectivity index (χ0) is 21.3. The van der Waals surface area contributed by atoms with E-state index in [1.807, 2.05) is 18.2 Å². The van der Waals surface area contributed by atoms with Crippen molar-refractivity contribution in [3.05, 3.63) is 82.2 Å². The first kappa shape index (κ1) is 19.3. The molecule has 30 heavy (non-hydrogen) atoms. The van der Waals surface area contributed by atoms with Crippen LogP contribution in [0.15, 0.2) is 60.8 Å². The van der Waals surface area contributed by atoms with Crippen LogP contribution >= 0.6 is 0 Å². The van der Waals surface area contributed by atoms with Crippen molar-refractivity contribution in [2.75, 3.05) is 5.32 Å². The first-order valence-electron chi connectivity index (χ1n) is 9.44. The van der Waals surface area contributed by atoms with Crippen LogP contribution in [0.4, 0.5) is 11.6 Å². The Morgan fingerprint density at radius 2 is 1.93 bits per heavy atom. The average Bonchev–Trinajstić information content (AvgIpc) is 3.34. The minimum atomic E-state index is -0.720. The van der Waals surface area contributed by atoms with Crippen LogP contribution in [0.2, 0.25) is 0 Å². The van der Waals surface area contributed by atoms with Gasteiger partial charge in [0.25, 0.3) is 5.91 Å². The molecule has 2 heterocycles. The summed E-state index contributed by atoms with van der Waals surface area (Å²) in [6.45, 7) is 3.87. The molecule has 152 valence electrons. The van der Waals surface area contributed by atoms with Crippen LogP contribution in [-0.4, -0.2) is 30.4 Å². The van der Waals surface area contributed by atoms with Gasteiger partial charge < -0.3 is 15.4 Å². The number of rotatable bonds is 6. The average molecular weight is 404 g/mol. The normalized spacial score (nSPS) is 12.1. The monoisotopic (exact) mass is 404 g/mol. The van der Waals surface area contributed by atoms with Crippen LogP contribution in [-0.2, 0) is 11.3 Å². The molecule has 0 aliphatic heterocycles. The van der Waals surface area contributed by atoms with E-state index in [1.54, 1.807) is 30.8 Å². The predicted molar refractivity (Wildman–Crippen MR) is 112 cm³/mol. The molecule has 1 N–H and O–H groups in total. The van der Waals surface area contributed by atoms with E-state index in [0.29, 0.717) is 18.1 Å². The van der Waals surface area contributed by atoms with Crippen molar-refractivity contribution >= 4 is 28.3 Å². The molecule has 0 saturated heterocycles. The van der Waals surface area contributed by atoms with Crippen LogP contribution in [0.5, 0.6) is 0 Å². The van der Waals surface area contributed by atoms with E-state index >= 15 is 0 Å². The molecule has 0 bridgehead atoms. The molecule has 0 aliphatic carbocycles. The highest BCUT2D eigenvalue weighted by molar-refractivity contribution is 5.92. The highest BCUT2D eigenvalue weighted by atomic mass is 16.6. The predicted octanol–water partition coefficient (Wildman–Crippen LogP) is 3.70. The van der Waals surface area contributed by atoms with E-state index in [9.17, 15) is 14.9 Å². The first-order valence-corrected chi connectivity index (χ1v) is 9.44. The van der Waals surface area contributed by atoms with Gasteiger partial charge in [-0.15, -0.1) is 0 Å². The second-order valence-corrected chi connectivity index (χ2v) is 7.05. The highest BCUT2D eigenvalue weighted by Crippen LogP contribution is 2.20. The van der Waals surface area contributed by atoms with Crippen LogP contribution in [0.1, 0.15) is 24.2 Å². The lowest BCUT2D eigenvalue weighted by Crippen LogP contribution is -2.25. The fourth-order valence-electron chi connectivity index (χ4n) is 3.42. The summed E-state index contributed by atoms with van der Waals surface area (Å²) in [6, 6.07) is 16.6. The Bertz CT molecular complexity index is 1240. The Morgan fingerprint density at radius 3 is 2.70 bits per heavy atom. The quantitative estimate of drug-likeness (QED) is 0.389. The first-order chi connectivity index (χ1) is 14.4. The molecule has 4 aromatic rings. The number of hydrogen-bond donors (Lipinski definition) is 1. The number of aryl methyl sites for hydroxylation is 1. The zero-order valence-corrected chi connectivity index (χ0v) is 16.5. The summed E-state index contributed by atoms with van der Waals surface area (Å²) < 4.78 is 3.09. The molecule has 0 saturated carbocycles. The second kappa shape index (κ2) is 7.78. The lowest BCUT2D eigenvalue weighted by atomic mass is 10.0. The lowest BCUT2D eigenvalue weighted by molar-refractivity contribution is -0.389. The number of nitrogens with zero attached hydrogens (tertiary/aromatic N) is 5. The Hall–Kier alpha value is -4.01. The number of carbonyl (C=O) groups excluding carboxylic acids is 1. The number of benzene rings is 2. The number of nitrogens with one attached hydrogen (secondary N) is 1. The maximum Gasteiger partial charge on any atom is 0.390 e. The maximum atomic E-state index is 12.6. The van der Waals surface area contributed by atoms with Gasteiger partial charge in [-0.05, 0) is 35.1 Å². The fraction of sp³-hybridized carbons (Fsp3) is 0.190. The summed E-state index contributed by atoms with van der Waals surface area (Å²) in [4.78, 5) is 22.9. The minimum absolute atomic E-state index is 0.286. The summed E-state index contributed by atoms with van der Waals surface area (Å²) in [5.41, 5.74) is 1.66. The molecule has 0 aliphatic rings. The van der Waals surface area contributed by atoms with Gasteiger partial charge >= 0.3 is 5.82 Å². The van der Waals surface area contributed by atoms with E-state index < -0.39 is 11.0 Å². The number of fused-ring (bicyclic) bond motifs is 1. The van der Waals surface area contributed by atoms with Gasteiger partial charge in [0.1, 0.15) is 6.04 Å². The van der Waals surface area contributed by atoms with Gasteiger partial charge in [-0.1, -0.05) is 42.5 Å². The van der Waals surface area contributed by atoms with Gasteiger partial charge in [-0.2, -0.15) is 9.78 Å². The number of hydrogen-bond acceptors (Lipinski definition) is 5. The molecule has 1 atom stereocenters. The number of nitro groups is 1. The molecule has 1 unspecified atom stereocenters. The van der Waals surface area contributed by atoms with Crippen LogP contribution in [0.3, 0.4) is 0 Å². The summed E-state index contributed by atoms with van der Waals surface area (Å²) in [7, 11) is 0. The van der Waals surface area contributed by atoms with Crippen molar-refractivity contribution in [3.8, 4) is 0 Å². The van der Waals surface area contributed by atoms with Crippen LogP contribution in [0.25, 0.3) is 10.8 Å². The fourth-order valence-corrected chi connectivity index (χ4v) is 3.42. The van der Waals surface area contributed by atoms with Crippen molar-refractivity contribution in [3.63, 3.8) is 0 Å². The van der Waals surface area contributed by atoms with E-state index in [-0.39, 0.29) is 11.7 Å². The SMILES string of the molecule is Cc1cc([N+](=O)[O-])nn1C(C)C(=O)Nc1ccn(Cc2cccc3ccccc23)n1. The van der Waals surface area contributed by atoms with Gasteiger partial charge in [-0.25, -0.2) is 0 Å². The van der Waals surface area contributed by atoms with Crippen molar-refractivity contribution in [1.82, 2.24) is 19.6 Å². The van der Waals surface area contributed by atoms with Crippen molar-refractivity contribution in [1.29, 1.82) is 0 Å². The molecular weight excluding hydrogens is 384 g/mol. The molecule has 2 aromatic carbocycles. The third kappa shape index (κ3) is 3.77. The number of amides is 1. The van der Waals surface area contributed by atoms with Gasteiger partial charge in [0.15, 0.2) is 5.82 Å². The summed E-state index contributed by atoms with van der Waals surface area (Å²) in [5.74, 6) is -0.232. The van der Waals surface area contributed by atoms with Gasteiger partial charge in [0.2, 0.25) is 0 Å². The standard InChI is InChI=1S/C21H20N6O3/c1-14-12-20(27(29)30)24-26(14)15(2)21(28)22-19-10-11-25(23-19)13-17-8-5-7-16-6-3-4-9-18(16)17/h3-12,15H,13H2,1-2H3,(H,22,23,28). The van der Waals surface area contributed by atoms with E-state index in [0.717, 1.165) is 16.3 Å². The van der Waals surface area contributed by atoms with Crippen molar-refractivity contribution < 1.29 is 9.72 Å². The van der Waals surface area contributed by atoms with E-state index in [4.69, 9.17) is 0 Å². The van der Waals surface area contributed by atoms with Crippen molar-refractivity contribution in [2.45, 2.75) is 26.4 Å². The Labute approximate surface area is 172 Å². The van der Waals surface area contributed by atoms with Gasteiger partial charge in [0.05, 0.1) is 23.4 Å². The Morgan fingerprint density at radius 1 is 1.17 bits per heavy atom. The molecule has 0 spiro atoms. The molecule has 1 amide bonds. The van der Waals surface area contributed by atoms with Crippen LogP contribution < -0.4 is 5.32 Å². The van der Waals surface area contributed by atoms with Gasteiger partial charge in [-0.3, -0.25) is 9.48 Å². The van der Waals surface area contributed by atoms with Crippen LogP contribution in [0, 0.1) is 17.0 Å². The zero-order valence-electron chi connectivity index (χ0n) is 16.5. The molecular formula is C21H20N6O3. The van der Waals surface area contributed by atoms with Crippen molar-refractivity contribution in [2.24, 2.45) is 0 Å². The molecule has 0 fully saturated rings.